The SMILES string of the molecule is O=c1c(NCCc2ccccc2)c(Nc2ccnc(Nc3ccncc3)c2)c1=O. The zero-order valence-corrected chi connectivity index (χ0v) is 15.6. The molecule has 2 heterocycles. The van der Waals surface area contributed by atoms with Crippen molar-refractivity contribution in [3.05, 3.63) is 99.2 Å². The molecule has 7 nitrogen and oxygen atoms in total. The van der Waals surface area contributed by atoms with Crippen LogP contribution in [0.2, 0.25) is 0 Å². The van der Waals surface area contributed by atoms with E-state index < -0.39 is 10.9 Å². The van der Waals surface area contributed by atoms with Crippen molar-refractivity contribution in [2.24, 2.45) is 0 Å². The maximum atomic E-state index is 12.0. The largest absolute Gasteiger partial charge is 0.380 e. The van der Waals surface area contributed by atoms with E-state index >= 15 is 0 Å². The summed E-state index contributed by atoms with van der Waals surface area (Å²) in [4.78, 5) is 32.3. The van der Waals surface area contributed by atoms with Gasteiger partial charge in [0, 0.05) is 42.6 Å². The molecule has 29 heavy (non-hydrogen) atoms. The van der Waals surface area contributed by atoms with E-state index in [9.17, 15) is 9.59 Å². The van der Waals surface area contributed by atoms with Crippen molar-refractivity contribution in [3.8, 4) is 0 Å². The fourth-order valence-electron chi connectivity index (χ4n) is 2.96. The van der Waals surface area contributed by atoms with E-state index in [2.05, 4.69) is 25.9 Å². The van der Waals surface area contributed by atoms with E-state index in [4.69, 9.17) is 0 Å². The van der Waals surface area contributed by atoms with Crippen molar-refractivity contribution in [2.75, 3.05) is 22.5 Å². The molecule has 3 N–H and O–H groups in total. The van der Waals surface area contributed by atoms with Crippen LogP contribution in [0.15, 0.2) is 82.8 Å². The van der Waals surface area contributed by atoms with Gasteiger partial charge in [0.2, 0.25) is 0 Å². The van der Waals surface area contributed by atoms with Crippen LogP contribution in [0.1, 0.15) is 5.56 Å². The fraction of sp³-hybridized carbons (Fsp3) is 0.0909. The van der Waals surface area contributed by atoms with Gasteiger partial charge in [-0.2, -0.15) is 0 Å². The second-order valence-electron chi connectivity index (χ2n) is 6.49. The summed E-state index contributed by atoms with van der Waals surface area (Å²) in [5.41, 5.74) is 2.26. The van der Waals surface area contributed by atoms with Gasteiger partial charge in [-0.05, 0) is 30.2 Å². The molecule has 4 aromatic rings. The van der Waals surface area contributed by atoms with Crippen molar-refractivity contribution < 1.29 is 0 Å². The smallest absolute Gasteiger partial charge is 0.253 e. The maximum Gasteiger partial charge on any atom is 0.253 e. The molecular formula is C22H19N5O2. The van der Waals surface area contributed by atoms with Crippen LogP contribution in [0.25, 0.3) is 0 Å². The number of hydrogen-bond donors (Lipinski definition) is 3. The van der Waals surface area contributed by atoms with Crippen molar-refractivity contribution in [1.29, 1.82) is 0 Å². The molecule has 7 heteroatoms. The lowest BCUT2D eigenvalue weighted by Gasteiger charge is -2.15. The second-order valence-corrected chi connectivity index (χ2v) is 6.49. The van der Waals surface area contributed by atoms with Gasteiger partial charge >= 0.3 is 0 Å². The van der Waals surface area contributed by atoms with Crippen molar-refractivity contribution in [1.82, 2.24) is 9.97 Å². The van der Waals surface area contributed by atoms with Gasteiger partial charge in [-0.25, -0.2) is 4.98 Å². The van der Waals surface area contributed by atoms with Crippen LogP contribution in [-0.2, 0) is 6.42 Å². The van der Waals surface area contributed by atoms with Crippen LogP contribution < -0.4 is 26.8 Å². The monoisotopic (exact) mass is 385 g/mol. The molecule has 4 rings (SSSR count). The molecule has 0 fully saturated rings. The third-order valence-electron chi connectivity index (χ3n) is 4.45. The van der Waals surface area contributed by atoms with Crippen LogP contribution in [0.4, 0.5) is 28.6 Å². The lowest BCUT2D eigenvalue weighted by molar-refractivity contribution is 1.01. The highest BCUT2D eigenvalue weighted by Crippen LogP contribution is 2.23. The summed E-state index contributed by atoms with van der Waals surface area (Å²) in [7, 11) is 0. The molecular weight excluding hydrogens is 366 g/mol. The summed E-state index contributed by atoms with van der Waals surface area (Å²) in [6, 6.07) is 17.1. The number of nitrogens with zero attached hydrogens (tertiary/aromatic N) is 2. The fourth-order valence-corrected chi connectivity index (χ4v) is 2.96. The quantitative estimate of drug-likeness (QED) is 0.401. The van der Waals surface area contributed by atoms with Gasteiger partial charge in [-0.15, -0.1) is 0 Å². The molecule has 0 aliphatic carbocycles. The highest BCUT2D eigenvalue weighted by Gasteiger charge is 2.20. The van der Waals surface area contributed by atoms with Gasteiger partial charge in [-0.1, -0.05) is 30.3 Å². The highest BCUT2D eigenvalue weighted by atomic mass is 16.2. The average Bonchev–Trinajstić information content (AvgIpc) is 2.77. The molecule has 0 aliphatic heterocycles. The molecule has 2 aromatic carbocycles. The Bertz CT molecular complexity index is 1170. The predicted octanol–water partition coefficient (Wildman–Crippen LogP) is 3.21. The Morgan fingerprint density at radius 1 is 0.759 bits per heavy atom. The third-order valence-corrected chi connectivity index (χ3v) is 4.45. The van der Waals surface area contributed by atoms with E-state index in [1.54, 1.807) is 30.7 Å². The Labute approximate surface area is 167 Å². The van der Waals surface area contributed by atoms with Gasteiger partial charge < -0.3 is 16.0 Å². The maximum absolute atomic E-state index is 12.0. The normalized spacial score (nSPS) is 10.6. The number of nitrogens with one attached hydrogen (secondary N) is 3. The van der Waals surface area contributed by atoms with E-state index in [0.29, 0.717) is 23.7 Å². The minimum atomic E-state index is -0.521. The topological polar surface area (TPSA) is 96.0 Å². The molecule has 0 bridgehead atoms. The summed E-state index contributed by atoms with van der Waals surface area (Å²) in [5, 5.41) is 9.28. The van der Waals surface area contributed by atoms with Crippen LogP contribution >= 0.6 is 0 Å². The Morgan fingerprint density at radius 2 is 1.48 bits per heavy atom. The lowest BCUT2D eigenvalue weighted by Crippen LogP contribution is -2.37. The van der Waals surface area contributed by atoms with Gasteiger partial charge in [0.1, 0.15) is 17.2 Å². The Kier molecular flexibility index (Phi) is 5.29. The zero-order chi connectivity index (χ0) is 20.1. The summed E-state index contributed by atoms with van der Waals surface area (Å²) in [5.74, 6) is 0.610. The van der Waals surface area contributed by atoms with Gasteiger partial charge in [0.15, 0.2) is 0 Å². The molecule has 0 radical (unpaired) electrons. The van der Waals surface area contributed by atoms with Crippen molar-refractivity contribution in [2.45, 2.75) is 6.42 Å². The number of anilines is 5. The molecule has 0 saturated carbocycles. The Morgan fingerprint density at radius 3 is 2.28 bits per heavy atom. The molecule has 0 aliphatic rings. The van der Waals surface area contributed by atoms with E-state index in [-0.39, 0.29) is 5.69 Å². The zero-order valence-electron chi connectivity index (χ0n) is 15.6. The highest BCUT2D eigenvalue weighted by molar-refractivity contribution is 5.79. The van der Waals surface area contributed by atoms with Gasteiger partial charge in [-0.3, -0.25) is 14.6 Å². The molecule has 2 aromatic heterocycles. The molecule has 0 spiro atoms. The second kappa shape index (κ2) is 8.35. The lowest BCUT2D eigenvalue weighted by atomic mass is 10.1. The third kappa shape index (κ3) is 4.30. The summed E-state index contributed by atoms with van der Waals surface area (Å²) < 4.78 is 0. The van der Waals surface area contributed by atoms with E-state index in [1.165, 1.54) is 0 Å². The van der Waals surface area contributed by atoms with Gasteiger partial charge in [0.05, 0.1) is 0 Å². The van der Waals surface area contributed by atoms with E-state index in [1.807, 2.05) is 42.5 Å². The first-order chi connectivity index (χ1) is 14.2. The van der Waals surface area contributed by atoms with Crippen LogP contribution in [0.5, 0.6) is 0 Å². The first-order valence-electron chi connectivity index (χ1n) is 9.22. The summed E-state index contributed by atoms with van der Waals surface area (Å²) >= 11 is 0. The molecule has 0 saturated heterocycles. The van der Waals surface area contributed by atoms with Crippen LogP contribution in [0, 0.1) is 0 Å². The number of rotatable bonds is 8. The first-order valence-corrected chi connectivity index (χ1v) is 9.22. The first kappa shape index (κ1) is 18.4. The van der Waals surface area contributed by atoms with Crippen molar-refractivity contribution in [3.63, 3.8) is 0 Å². The number of aromatic nitrogens is 2. The Balaban J connectivity index is 1.43. The minimum Gasteiger partial charge on any atom is -0.380 e. The van der Waals surface area contributed by atoms with Gasteiger partial charge in [0.25, 0.3) is 10.9 Å². The molecule has 0 amide bonds. The van der Waals surface area contributed by atoms with Crippen LogP contribution in [0.3, 0.4) is 0 Å². The van der Waals surface area contributed by atoms with E-state index in [0.717, 1.165) is 17.7 Å². The van der Waals surface area contributed by atoms with Crippen LogP contribution in [-0.4, -0.2) is 16.5 Å². The number of pyridine rings is 2. The average molecular weight is 385 g/mol. The molecule has 0 atom stereocenters. The summed E-state index contributed by atoms with van der Waals surface area (Å²) in [6.07, 6.45) is 5.75. The molecule has 0 unspecified atom stereocenters. The van der Waals surface area contributed by atoms with Crippen molar-refractivity contribution >= 4 is 28.6 Å². The molecule has 144 valence electrons. The number of hydrogen-bond acceptors (Lipinski definition) is 7. The summed E-state index contributed by atoms with van der Waals surface area (Å²) in [6.45, 7) is 0.564. The standard InChI is InChI=1S/C22H19N5O2/c28-21-19(25-12-6-15-4-2-1-3-5-15)20(22(21)29)27-17-9-13-24-18(14-17)26-16-7-10-23-11-8-16/h1-5,7-11,13-14,25H,6,12H2,(H2,23,24,26,27). The minimum absolute atomic E-state index is 0.282. The number of benzene rings is 1. The Hall–Kier alpha value is -4.00. The predicted molar refractivity (Wildman–Crippen MR) is 115 cm³/mol.